The molecule has 0 bridgehead atoms. The third-order valence-corrected chi connectivity index (χ3v) is 3.29. The van der Waals surface area contributed by atoms with E-state index >= 15 is 0 Å². The Kier molecular flexibility index (Phi) is 2.40. The number of anilines is 1. The van der Waals surface area contributed by atoms with Gasteiger partial charge in [-0.1, -0.05) is 0 Å². The highest BCUT2D eigenvalue weighted by Gasteiger charge is 2.19. The van der Waals surface area contributed by atoms with E-state index < -0.39 is 0 Å². The van der Waals surface area contributed by atoms with E-state index in [0.29, 0.717) is 5.82 Å². The summed E-state index contributed by atoms with van der Waals surface area (Å²) in [6.07, 6.45) is 2.67. The van der Waals surface area contributed by atoms with E-state index in [1.54, 1.807) is 18.0 Å². The van der Waals surface area contributed by atoms with Crippen molar-refractivity contribution in [2.75, 3.05) is 19.5 Å². The Morgan fingerprint density at radius 2 is 2.22 bits per heavy atom. The van der Waals surface area contributed by atoms with Crippen LogP contribution in [0.2, 0.25) is 0 Å². The monoisotopic (exact) mass is 245 g/mol. The second kappa shape index (κ2) is 3.94. The maximum atomic E-state index is 6.01. The number of ether oxygens (including phenoxy) is 2. The summed E-state index contributed by atoms with van der Waals surface area (Å²) in [6.45, 7) is 0.727. The van der Waals surface area contributed by atoms with Gasteiger partial charge in [-0.25, -0.2) is 0 Å². The van der Waals surface area contributed by atoms with Crippen LogP contribution in [0, 0.1) is 0 Å². The van der Waals surface area contributed by atoms with Crippen LogP contribution in [0.25, 0.3) is 11.1 Å². The summed E-state index contributed by atoms with van der Waals surface area (Å²) in [4.78, 5) is 0. The maximum Gasteiger partial charge on any atom is 0.129 e. The van der Waals surface area contributed by atoms with Gasteiger partial charge in [0, 0.05) is 30.2 Å². The van der Waals surface area contributed by atoms with Crippen LogP contribution in [0.4, 0.5) is 5.82 Å². The van der Waals surface area contributed by atoms with Crippen LogP contribution in [0.15, 0.2) is 18.3 Å². The van der Waals surface area contributed by atoms with Gasteiger partial charge in [-0.15, -0.1) is 0 Å². The zero-order valence-electron chi connectivity index (χ0n) is 10.4. The molecule has 0 unspecified atom stereocenters. The third-order valence-electron chi connectivity index (χ3n) is 3.29. The molecule has 0 radical (unpaired) electrons. The van der Waals surface area contributed by atoms with Gasteiger partial charge in [0.05, 0.1) is 19.9 Å². The standard InChI is InChI=1S/C13H15N3O2/c1-16-13(14)10(7-15-16)9-6-11-8(3-4-18-11)5-12(9)17-2/h5-7H,3-4,14H2,1-2H3. The highest BCUT2D eigenvalue weighted by molar-refractivity contribution is 5.80. The van der Waals surface area contributed by atoms with Gasteiger partial charge in [0.25, 0.3) is 0 Å². The molecule has 1 aromatic carbocycles. The highest BCUT2D eigenvalue weighted by atomic mass is 16.5. The van der Waals surface area contributed by atoms with Crippen LogP contribution in [-0.2, 0) is 13.5 Å². The summed E-state index contributed by atoms with van der Waals surface area (Å²) in [7, 11) is 3.47. The van der Waals surface area contributed by atoms with Gasteiger partial charge >= 0.3 is 0 Å². The van der Waals surface area contributed by atoms with E-state index in [-0.39, 0.29) is 0 Å². The van der Waals surface area contributed by atoms with Gasteiger partial charge in [-0.05, 0) is 12.1 Å². The fraction of sp³-hybridized carbons (Fsp3) is 0.308. The minimum atomic E-state index is 0.617. The molecule has 0 saturated heterocycles. The Labute approximate surface area is 105 Å². The number of hydrogen-bond donors (Lipinski definition) is 1. The number of benzene rings is 1. The van der Waals surface area contributed by atoms with Crippen molar-refractivity contribution in [1.29, 1.82) is 0 Å². The number of methoxy groups -OCH3 is 1. The molecule has 2 aromatic rings. The predicted molar refractivity (Wildman–Crippen MR) is 68.8 cm³/mol. The molecule has 18 heavy (non-hydrogen) atoms. The zero-order chi connectivity index (χ0) is 12.7. The second-order valence-corrected chi connectivity index (χ2v) is 4.33. The van der Waals surface area contributed by atoms with E-state index in [2.05, 4.69) is 5.10 Å². The van der Waals surface area contributed by atoms with E-state index in [9.17, 15) is 0 Å². The molecule has 0 amide bonds. The first-order chi connectivity index (χ1) is 8.70. The molecule has 1 aliphatic heterocycles. The van der Waals surface area contributed by atoms with Crippen LogP contribution < -0.4 is 15.2 Å². The lowest BCUT2D eigenvalue weighted by molar-refractivity contribution is 0.356. The molecule has 0 aliphatic carbocycles. The number of nitrogens with zero attached hydrogens (tertiary/aromatic N) is 2. The average Bonchev–Trinajstić information content (AvgIpc) is 2.95. The highest BCUT2D eigenvalue weighted by Crippen LogP contribution is 2.40. The number of aryl methyl sites for hydroxylation is 1. The summed E-state index contributed by atoms with van der Waals surface area (Å²) in [6, 6.07) is 4.00. The van der Waals surface area contributed by atoms with Crippen molar-refractivity contribution in [3.05, 3.63) is 23.9 Å². The van der Waals surface area contributed by atoms with Crippen LogP contribution >= 0.6 is 0 Å². The number of aromatic nitrogens is 2. The van der Waals surface area contributed by atoms with Crippen molar-refractivity contribution < 1.29 is 9.47 Å². The summed E-state index contributed by atoms with van der Waals surface area (Å²) in [5.74, 6) is 2.33. The van der Waals surface area contributed by atoms with Crippen molar-refractivity contribution in [2.24, 2.45) is 7.05 Å². The molecular weight excluding hydrogens is 230 g/mol. The number of rotatable bonds is 2. The number of nitrogen functional groups attached to an aromatic ring is 1. The molecule has 2 N–H and O–H groups in total. The molecular formula is C13H15N3O2. The lowest BCUT2D eigenvalue weighted by Gasteiger charge is -2.10. The van der Waals surface area contributed by atoms with Crippen molar-refractivity contribution in [3.8, 4) is 22.6 Å². The van der Waals surface area contributed by atoms with Gasteiger partial charge in [0.15, 0.2) is 0 Å². The van der Waals surface area contributed by atoms with Crippen LogP contribution in [0.3, 0.4) is 0 Å². The molecule has 0 spiro atoms. The van der Waals surface area contributed by atoms with Crippen molar-refractivity contribution >= 4 is 5.82 Å². The van der Waals surface area contributed by atoms with Gasteiger partial charge < -0.3 is 15.2 Å². The Hall–Kier alpha value is -2.17. The lowest BCUT2D eigenvalue weighted by Crippen LogP contribution is -1.99. The normalized spacial score (nSPS) is 13.2. The minimum absolute atomic E-state index is 0.617. The van der Waals surface area contributed by atoms with Crippen LogP contribution in [0.5, 0.6) is 11.5 Å². The van der Waals surface area contributed by atoms with Gasteiger partial charge in [0.2, 0.25) is 0 Å². The molecule has 3 rings (SSSR count). The maximum absolute atomic E-state index is 6.01. The van der Waals surface area contributed by atoms with E-state index in [1.165, 1.54) is 5.56 Å². The first-order valence-electron chi connectivity index (χ1n) is 5.82. The summed E-state index contributed by atoms with van der Waals surface area (Å²) < 4.78 is 12.7. The molecule has 94 valence electrons. The smallest absolute Gasteiger partial charge is 0.129 e. The largest absolute Gasteiger partial charge is 0.496 e. The molecule has 0 atom stereocenters. The third kappa shape index (κ3) is 1.51. The molecule has 2 heterocycles. The van der Waals surface area contributed by atoms with Crippen LogP contribution in [0.1, 0.15) is 5.56 Å². The SMILES string of the molecule is COc1cc2c(cc1-c1cnn(C)c1N)OCC2. The first kappa shape index (κ1) is 11.0. The minimum Gasteiger partial charge on any atom is -0.496 e. The molecule has 5 nitrogen and oxygen atoms in total. The van der Waals surface area contributed by atoms with Crippen molar-refractivity contribution in [1.82, 2.24) is 9.78 Å². The summed E-state index contributed by atoms with van der Waals surface area (Å²) >= 11 is 0. The molecule has 5 heteroatoms. The Morgan fingerprint density at radius 3 is 2.89 bits per heavy atom. The van der Waals surface area contributed by atoms with E-state index in [4.69, 9.17) is 15.2 Å². The number of nitrogens with two attached hydrogens (primary N) is 1. The van der Waals surface area contributed by atoms with E-state index in [0.717, 1.165) is 35.7 Å². The van der Waals surface area contributed by atoms with Gasteiger partial charge in [0.1, 0.15) is 17.3 Å². The first-order valence-corrected chi connectivity index (χ1v) is 5.82. The van der Waals surface area contributed by atoms with Crippen molar-refractivity contribution in [3.63, 3.8) is 0 Å². The topological polar surface area (TPSA) is 62.3 Å². The van der Waals surface area contributed by atoms with Gasteiger partial charge in [-0.3, -0.25) is 4.68 Å². The fourth-order valence-corrected chi connectivity index (χ4v) is 2.24. The Morgan fingerprint density at radius 1 is 1.39 bits per heavy atom. The number of hydrogen-bond acceptors (Lipinski definition) is 4. The predicted octanol–water partition coefficient (Wildman–Crippen LogP) is 1.61. The summed E-state index contributed by atoms with van der Waals surface area (Å²) in [5.41, 5.74) is 8.97. The zero-order valence-corrected chi connectivity index (χ0v) is 10.4. The Bertz CT molecular complexity index is 605. The quantitative estimate of drug-likeness (QED) is 0.873. The molecule has 1 aromatic heterocycles. The molecule has 0 fully saturated rings. The Balaban J connectivity index is 2.19. The molecule has 1 aliphatic rings. The van der Waals surface area contributed by atoms with Crippen molar-refractivity contribution in [2.45, 2.75) is 6.42 Å². The molecule has 0 saturated carbocycles. The fourth-order valence-electron chi connectivity index (χ4n) is 2.24. The average molecular weight is 245 g/mol. The lowest BCUT2D eigenvalue weighted by atomic mass is 10.0. The van der Waals surface area contributed by atoms with Gasteiger partial charge in [-0.2, -0.15) is 5.10 Å². The van der Waals surface area contributed by atoms with Crippen LogP contribution in [-0.4, -0.2) is 23.5 Å². The number of fused-ring (bicyclic) bond motifs is 1. The second-order valence-electron chi connectivity index (χ2n) is 4.33. The van der Waals surface area contributed by atoms with E-state index in [1.807, 2.05) is 19.2 Å². The summed E-state index contributed by atoms with van der Waals surface area (Å²) in [5, 5.41) is 4.16.